The molecule has 3 aromatic rings. The first kappa shape index (κ1) is 32.5. The summed E-state index contributed by atoms with van der Waals surface area (Å²) in [5, 5.41) is 0.312. The molecule has 0 aliphatic carbocycles. The molecule has 2 heterocycles. The number of rotatable bonds is 8. The highest BCUT2D eigenvalue weighted by atomic mass is 127. The molecule has 4 rings (SSSR count). The number of carbonyl (C=O) groups is 2. The molecule has 0 unspecified atom stereocenters. The quantitative estimate of drug-likeness (QED) is 0.230. The Morgan fingerprint density at radius 1 is 1.12 bits per heavy atom. The van der Waals surface area contributed by atoms with E-state index in [4.69, 9.17) is 25.8 Å². The van der Waals surface area contributed by atoms with Gasteiger partial charge in [-0.2, -0.15) is 13.2 Å². The summed E-state index contributed by atoms with van der Waals surface area (Å²) >= 11 is 10.8. The molecular formula is C27H20ClF3I2N2O6S. The molecule has 0 amide bonds. The first-order valence-corrected chi connectivity index (χ1v) is 15.5. The topological polar surface area (TPSA) is 96.2 Å². The van der Waals surface area contributed by atoms with Crippen molar-refractivity contribution in [3.05, 3.63) is 90.6 Å². The SMILES string of the molecule is CCOC(=O)COc1c(I)cc(I)cc1/C=c1\sc2n(c1=O)[C@H](c1ccc(Cl)cc1)C(C(=O)OCC)=C(C(F)(F)F)N=2. The number of benzene rings is 2. The van der Waals surface area contributed by atoms with Crippen LogP contribution in [0.1, 0.15) is 31.0 Å². The molecule has 0 saturated heterocycles. The minimum atomic E-state index is -5.03. The van der Waals surface area contributed by atoms with Crippen molar-refractivity contribution in [2.75, 3.05) is 19.8 Å². The second-order valence-electron chi connectivity index (χ2n) is 8.51. The number of hydrogen-bond acceptors (Lipinski definition) is 8. The minimum absolute atomic E-state index is 0.0260. The van der Waals surface area contributed by atoms with Crippen molar-refractivity contribution in [2.24, 2.45) is 4.99 Å². The normalized spacial score (nSPS) is 15.2. The van der Waals surface area contributed by atoms with E-state index in [2.05, 4.69) is 27.6 Å². The molecule has 0 radical (unpaired) electrons. The number of fused-ring (bicyclic) bond motifs is 1. The fraction of sp³-hybridized carbons (Fsp3) is 0.259. The monoisotopic (exact) mass is 846 g/mol. The maximum atomic E-state index is 14.3. The van der Waals surface area contributed by atoms with Gasteiger partial charge in [-0.15, -0.1) is 0 Å². The van der Waals surface area contributed by atoms with E-state index in [0.29, 0.717) is 14.2 Å². The van der Waals surface area contributed by atoms with Crippen molar-refractivity contribution in [1.29, 1.82) is 0 Å². The van der Waals surface area contributed by atoms with Crippen LogP contribution in [0.5, 0.6) is 5.75 Å². The summed E-state index contributed by atoms with van der Waals surface area (Å²) in [7, 11) is 0. The third kappa shape index (κ3) is 7.02. The van der Waals surface area contributed by atoms with Crippen LogP contribution >= 0.6 is 68.1 Å². The lowest BCUT2D eigenvalue weighted by Gasteiger charge is -2.26. The summed E-state index contributed by atoms with van der Waals surface area (Å²) in [6, 6.07) is 7.77. The van der Waals surface area contributed by atoms with Crippen LogP contribution < -0.4 is 19.6 Å². The zero-order valence-electron chi connectivity index (χ0n) is 21.8. The highest BCUT2D eigenvalue weighted by Gasteiger charge is 2.45. The number of alkyl halides is 3. The molecule has 1 atom stereocenters. The Morgan fingerprint density at radius 3 is 2.40 bits per heavy atom. The number of thiazole rings is 1. The maximum Gasteiger partial charge on any atom is 0.434 e. The van der Waals surface area contributed by atoms with Gasteiger partial charge in [0.05, 0.1) is 32.9 Å². The molecule has 8 nitrogen and oxygen atoms in total. The number of aromatic nitrogens is 1. The highest BCUT2D eigenvalue weighted by molar-refractivity contribution is 14.1. The van der Waals surface area contributed by atoms with Gasteiger partial charge in [-0.1, -0.05) is 35.1 Å². The van der Waals surface area contributed by atoms with E-state index in [1.54, 1.807) is 19.1 Å². The first-order chi connectivity index (χ1) is 19.8. The van der Waals surface area contributed by atoms with Gasteiger partial charge in [0.25, 0.3) is 5.56 Å². The Morgan fingerprint density at radius 2 is 1.79 bits per heavy atom. The summed E-state index contributed by atoms with van der Waals surface area (Å²) in [6.45, 7) is 2.71. The van der Waals surface area contributed by atoms with Crippen LogP contribution in [-0.4, -0.2) is 42.5 Å². The number of halogens is 6. The van der Waals surface area contributed by atoms with E-state index in [1.165, 1.54) is 37.3 Å². The lowest BCUT2D eigenvalue weighted by Crippen LogP contribution is -2.41. The van der Waals surface area contributed by atoms with Gasteiger partial charge in [0.15, 0.2) is 17.1 Å². The standard InChI is InChI=1S/C27H20ClF3I2N2O6S/c1-3-39-19(36)12-41-22-14(9-16(32)11-17(22)33)10-18-24(37)35-21(13-5-7-15(28)8-6-13)20(25(38)40-4-2)23(27(29,30)31)34-26(35)42-18/h5-11,21H,3-4,12H2,1-2H3/b18-10-/t21-/m1/s1. The minimum Gasteiger partial charge on any atom is -0.480 e. The Balaban J connectivity index is 1.98. The Kier molecular flexibility index (Phi) is 10.4. The molecule has 0 N–H and O–H groups in total. The molecule has 42 heavy (non-hydrogen) atoms. The van der Waals surface area contributed by atoms with Crippen LogP contribution in [0.4, 0.5) is 13.2 Å². The number of allylic oxidation sites excluding steroid dienone is 1. The van der Waals surface area contributed by atoms with E-state index in [1.807, 2.05) is 22.6 Å². The largest absolute Gasteiger partial charge is 0.480 e. The van der Waals surface area contributed by atoms with Crippen LogP contribution in [0.2, 0.25) is 5.02 Å². The van der Waals surface area contributed by atoms with Gasteiger partial charge in [-0.3, -0.25) is 9.36 Å². The van der Waals surface area contributed by atoms with Crippen LogP contribution in [0.25, 0.3) is 6.08 Å². The van der Waals surface area contributed by atoms with E-state index in [9.17, 15) is 27.6 Å². The molecule has 1 aliphatic heterocycles. The number of carbonyl (C=O) groups excluding carboxylic acids is 2. The molecule has 0 bridgehead atoms. The highest BCUT2D eigenvalue weighted by Crippen LogP contribution is 2.38. The van der Waals surface area contributed by atoms with E-state index in [0.717, 1.165) is 19.5 Å². The van der Waals surface area contributed by atoms with Crippen molar-refractivity contribution < 1.29 is 37.0 Å². The van der Waals surface area contributed by atoms with Crippen molar-refractivity contribution >= 4 is 86.1 Å². The second-order valence-corrected chi connectivity index (χ2v) is 12.4. The Bertz CT molecular complexity index is 1750. The molecule has 15 heteroatoms. The second kappa shape index (κ2) is 13.5. The summed E-state index contributed by atoms with van der Waals surface area (Å²) in [5.41, 5.74) is -2.34. The zero-order chi connectivity index (χ0) is 30.8. The maximum absolute atomic E-state index is 14.3. The van der Waals surface area contributed by atoms with Gasteiger partial charge in [0, 0.05) is 14.2 Å². The Hall–Kier alpha value is -2.44. The third-order valence-electron chi connectivity index (χ3n) is 5.74. The fourth-order valence-corrected chi connectivity index (χ4v) is 7.28. The van der Waals surface area contributed by atoms with Crippen molar-refractivity contribution in [1.82, 2.24) is 4.57 Å². The fourth-order valence-electron chi connectivity index (χ4n) is 4.12. The zero-order valence-corrected chi connectivity index (χ0v) is 27.6. The predicted octanol–water partition coefficient (Wildman–Crippen LogP) is 5.15. The lowest BCUT2D eigenvalue weighted by atomic mass is 9.95. The Labute approximate surface area is 273 Å². The number of esters is 2. The number of ether oxygens (including phenoxy) is 3. The average Bonchev–Trinajstić information content (AvgIpc) is 3.22. The smallest absolute Gasteiger partial charge is 0.434 e. The summed E-state index contributed by atoms with van der Waals surface area (Å²) in [4.78, 5) is 42.2. The van der Waals surface area contributed by atoms with Gasteiger partial charge in [-0.05, 0) is 94.9 Å². The van der Waals surface area contributed by atoms with Gasteiger partial charge in [-0.25, -0.2) is 14.6 Å². The van der Waals surface area contributed by atoms with Crippen molar-refractivity contribution in [3.8, 4) is 5.75 Å². The third-order valence-corrected chi connectivity index (χ3v) is 8.40. The molecule has 2 aromatic carbocycles. The van der Waals surface area contributed by atoms with Crippen molar-refractivity contribution in [2.45, 2.75) is 26.1 Å². The predicted molar refractivity (Wildman–Crippen MR) is 166 cm³/mol. The van der Waals surface area contributed by atoms with Crippen LogP contribution in [0, 0.1) is 7.14 Å². The van der Waals surface area contributed by atoms with E-state index in [-0.39, 0.29) is 40.5 Å². The molecule has 222 valence electrons. The first-order valence-electron chi connectivity index (χ1n) is 12.2. The number of nitrogens with zero attached hydrogens (tertiary/aromatic N) is 2. The van der Waals surface area contributed by atoms with Gasteiger partial charge in [0.2, 0.25) is 0 Å². The molecule has 0 saturated carbocycles. The molecule has 1 aliphatic rings. The van der Waals surface area contributed by atoms with Gasteiger partial charge in [0.1, 0.15) is 5.75 Å². The molecule has 0 fully saturated rings. The molecule has 0 spiro atoms. The van der Waals surface area contributed by atoms with Crippen LogP contribution in [0.3, 0.4) is 0 Å². The summed E-state index contributed by atoms with van der Waals surface area (Å²) in [5.74, 6) is -1.55. The lowest BCUT2D eigenvalue weighted by molar-refractivity contribution is -0.145. The molecule has 1 aromatic heterocycles. The summed E-state index contributed by atoms with van der Waals surface area (Å²) in [6.07, 6.45) is -3.57. The van der Waals surface area contributed by atoms with Gasteiger partial charge < -0.3 is 14.2 Å². The van der Waals surface area contributed by atoms with E-state index >= 15 is 0 Å². The summed E-state index contributed by atoms with van der Waals surface area (Å²) < 4.78 is 61.0. The van der Waals surface area contributed by atoms with Crippen molar-refractivity contribution in [3.63, 3.8) is 0 Å². The number of hydrogen-bond donors (Lipinski definition) is 0. The van der Waals surface area contributed by atoms with Gasteiger partial charge >= 0.3 is 18.1 Å². The average molecular weight is 847 g/mol. The van der Waals surface area contributed by atoms with Crippen LogP contribution in [-0.2, 0) is 19.1 Å². The van der Waals surface area contributed by atoms with E-state index < -0.39 is 41.0 Å². The van der Waals surface area contributed by atoms with Crippen LogP contribution in [0.15, 0.2) is 57.5 Å². The molecular weight excluding hydrogens is 827 g/mol.